The highest BCUT2D eigenvalue weighted by molar-refractivity contribution is 5.99. The number of likely N-dealkylation sites (N-methyl/N-ethyl adjacent to an activating group) is 1. The second-order valence-electron chi connectivity index (χ2n) is 4.27. The largest absolute Gasteiger partial charge is 0.342 e. The normalized spacial score (nSPS) is 26.3. The van der Waals surface area contributed by atoms with E-state index in [4.69, 9.17) is 0 Å². The summed E-state index contributed by atoms with van der Waals surface area (Å²) in [6.07, 6.45) is 1.61. The van der Waals surface area contributed by atoms with Gasteiger partial charge in [0.2, 0.25) is 11.8 Å². The summed E-state index contributed by atoms with van der Waals surface area (Å²) in [6, 6.07) is -0.328. The molecule has 1 N–H and O–H groups in total. The molecule has 4 heteroatoms. The van der Waals surface area contributed by atoms with E-state index in [2.05, 4.69) is 5.32 Å². The maximum Gasteiger partial charge on any atom is 0.246 e. The van der Waals surface area contributed by atoms with Crippen LogP contribution in [-0.4, -0.2) is 35.3 Å². The third-order valence-corrected chi connectivity index (χ3v) is 2.91. The van der Waals surface area contributed by atoms with Crippen molar-refractivity contribution in [3.8, 4) is 0 Å². The zero-order valence-corrected chi connectivity index (χ0v) is 9.26. The quantitative estimate of drug-likeness (QED) is 0.703. The van der Waals surface area contributed by atoms with Crippen molar-refractivity contribution < 1.29 is 9.59 Å². The molecule has 1 aliphatic rings. The molecule has 80 valence electrons. The van der Waals surface area contributed by atoms with E-state index >= 15 is 0 Å². The summed E-state index contributed by atoms with van der Waals surface area (Å²) < 4.78 is 0. The minimum Gasteiger partial charge on any atom is -0.342 e. The molecular weight excluding hydrogens is 180 g/mol. The Labute approximate surface area is 84.7 Å². The zero-order valence-electron chi connectivity index (χ0n) is 9.26. The molecule has 0 spiro atoms. The Morgan fingerprint density at radius 3 is 2.50 bits per heavy atom. The second kappa shape index (κ2) is 3.59. The summed E-state index contributed by atoms with van der Waals surface area (Å²) in [4.78, 5) is 25.0. The predicted molar refractivity (Wildman–Crippen MR) is 53.7 cm³/mol. The van der Waals surface area contributed by atoms with Crippen molar-refractivity contribution >= 4 is 11.8 Å². The van der Waals surface area contributed by atoms with Crippen LogP contribution in [0.15, 0.2) is 0 Å². The molecule has 2 amide bonds. The number of piperazine rings is 1. The lowest BCUT2D eigenvalue weighted by Gasteiger charge is -2.42. The van der Waals surface area contributed by atoms with E-state index in [0.717, 1.165) is 6.42 Å². The summed E-state index contributed by atoms with van der Waals surface area (Å²) >= 11 is 0. The second-order valence-corrected chi connectivity index (χ2v) is 4.27. The standard InChI is InChI=1S/C10H18N2O2/c1-5-6-7-8(13)12(4)10(2,3)9(14)11-7/h7H,5-6H2,1-4H3,(H,11,14). The number of rotatable bonds is 2. The molecule has 0 saturated carbocycles. The number of hydrogen-bond donors (Lipinski definition) is 1. The minimum absolute atomic E-state index is 0.0106. The fraction of sp³-hybridized carbons (Fsp3) is 0.800. The van der Waals surface area contributed by atoms with Crippen LogP contribution in [0, 0.1) is 0 Å². The highest BCUT2D eigenvalue weighted by Crippen LogP contribution is 2.20. The SMILES string of the molecule is CCCC1NC(=O)C(C)(C)N(C)C1=O. The highest BCUT2D eigenvalue weighted by Gasteiger charge is 2.43. The molecule has 0 radical (unpaired) electrons. The van der Waals surface area contributed by atoms with Crippen molar-refractivity contribution in [3.63, 3.8) is 0 Å². The van der Waals surface area contributed by atoms with Crippen LogP contribution in [0.5, 0.6) is 0 Å². The van der Waals surface area contributed by atoms with Gasteiger partial charge in [0.15, 0.2) is 0 Å². The highest BCUT2D eigenvalue weighted by atomic mass is 16.2. The van der Waals surface area contributed by atoms with E-state index in [0.29, 0.717) is 6.42 Å². The van der Waals surface area contributed by atoms with Crippen LogP contribution in [-0.2, 0) is 9.59 Å². The summed E-state index contributed by atoms with van der Waals surface area (Å²) in [5.41, 5.74) is -0.721. The monoisotopic (exact) mass is 198 g/mol. The molecule has 1 fully saturated rings. The van der Waals surface area contributed by atoms with Gasteiger partial charge in [-0.05, 0) is 20.3 Å². The van der Waals surface area contributed by atoms with Gasteiger partial charge in [0.1, 0.15) is 11.6 Å². The summed E-state index contributed by atoms with van der Waals surface area (Å²) in [5, 5.41) is 2.76. The third-order valence-electron chi connectivity index (χ3n) is 2.91. The Hall–Kier alpha value is -1.06. The predicted octanol–water partition coefficient (Wildman–Crippen LogP) is 0.522. The fourth-order valence-corrected chi connectivity index (χ4v) is 1.54. The average Bonchev–Trinajstić information content (AvgIpc) is 2.12. The molecule has 1 rings (SSSR count). The Bertz CT molecular complexity index is 261. The number of carbonyl (C=O) groups is 2. The van der Waals surface area contributed by atoms with Gasteiger partial charge in [-0.15, -0.1) is 0 Å². The molecule has 0 aromatic rings. The first-order valence-electron chi connectivity index (χ1n) is 5.00. The maximum absolute atomic E-state index is 11.8. The molecule has 0 aliphatic carbocycles. The van der Waals surface area contributed by atoms with Crippen LogP contribution in [0.1, 0.15) is 33.6 Å². The van der Waals surface area contributed by atoms with Crippen LogP contribution < -0.4 is 5.32 Å². The minimum atomic E-state index is -0.721. The van der Waals surface area contributed by atoms with Gasteiger partial charge < -0.3 is 10.2 Å². The maximum atomic E-state index is 11.8. The van der Waals surface area contributed by atoms with Crippen LogP contribution in [0.25, 0.3) is 0 Å². The molecule has 1 heterocycles. The summed E-state index contributed by atoms with van der Waals surface area (Å²) in [7, 11) is 1.68. The summed E-state index contributed by atoms with van der Waals surface area (Å²) in [5.74, 6) is -0.0606. The van der Waals surface area contributed by atoms with Gasteiger partial charge in [0.25, 0.3) is 0 Å². The number of carbonyl (C=O) groups excluding carboxylic acids is 2. The van der Waals surface area contributed by atoms with E-state index < -0.39 is 5.54 Å². The molecule has 4 nitrogen and oxygen atoms in total. The average molecular weight is 198 g/mol. The van der Waals surface area contributed by atoms with Gasteiger partial charge in [-0.2, -0.15) is 0 Å². The lowest BCUT2D eigenvalue weighted by molar-refractivity contribution is -0.153. The molecule has 0 bridgehead atoms. The molecule has 0 aromatic carbocycles. The molecule has 1 atom stereocenters. The summed E-state index contributed by atoms with van der Waals surface area (Å²) in [6.45, 7) is 5.50. The first kappa shape index (κ1) is 11.0. The van der Waals surface area contributed by atoms with E-state index in [1.807, 2.05) is 6.92 Å². The molecule has 14 heavy (non-hydrogen) atoms. The topological polar surface area (TPSA) is 49.4 Å². The van der Waals surface area contributed by atoms with Crippen molar-refractivity contribution in [2.24, 2.45) is 0 Å². The van der Waals surface area contributed by atoms with E-state index in [1.54, 1.807) is 20.9 Å². The van der Waals surface area contributed by atoms with Crippen molar-refractivity contribution in [1.82, 2.24) is 10.2 Å². The molecular formula is C10H18N2O2. The Balaban J connectivity index is 2.84. The van der Waals surface area contributed by atoms with Crippen LogP contribution in [0.4, 0.5) is 0 Å². The lowest BCUT2D eigenvalue weighted by atomic mass is 9.95. The number of nitrogens with one attached hydrogen (secondary N) is 1. The van der Waals surface area contributed by atoms with E-state index in [-0.39, 0.29) is 17.9 Å². The lowest BCUT2D eigenvalue weighted by Crippen LogP contribution is -2.66. The van der Waals surface area contributed by atoms with Gasteiger partial charge >= 0.3 is 0 Å². The zero-order chi connectivity index (χ0) is 10.9. The van der Waals surface area contributed by atoms with Crippen molar-refractivity contribution in [2.45, 2.75) is 45.2 Å². The first-order chi connectivity index (χ1) is 6.41. The molecule has 1 aliphatic heterocycles. The van der Waals surface area contributed by atoms with Gasteiger partial charge in [-0.1, -0.05) is 13.3 Å². The van der Waals surface area contributed by atoms with Crippen molar-refractivity contribution in [3.05, 3.63) is 0 Å². The molecule has 0 aromatic heterocycles. The van der Waals surface area contributed by atoms with Crippen molar-refractivity contribution in [1.29, 1.82) is 0 Å². The van der Waals surface area contributed by atoms with Gasteiger partial charge in [-0.25, -0.2) is 0 Å². The molecule has 1 unspecified atom stereocenters. The van der Waals surface area contributed by atoms with Gasteiger partial charge in [-0.3, -0.25) is 9.59 Å². The van der Waals surface area contributed by atoms with Crippen LogP contribution in [0.2, 0.25) is 0 Å². The smallest absolute Gasteiger partial charge is 0.246 e. The van der Waals surface area contributed by atoms with Crippen LogP contribution in [0.3, 0.4) is 0 Å². The van der Waals surface area contributed by atoms with E-state index in [1.165, 1.54) is 4.90 Å². The van der Waals surface area contributed by atoms with E-state index in [9.17, 15) is 9.59 Å². The Morgan fingerprint density at radius 1 is 1.43 bits per heavy atom. The third kappa shape index (κ3) is 1.61. The number of amides is 2. The molecule has 1 saturated heterocycles. The number of nitrogens with zero attached hydrogens (tertiary/aromatic N) is 1. The van der Waals surface area contributed by atoms with Gasteiger partial charge in [0.05, 0.1) is 0 Å². The van der Waals surface area contributed by atoms with Crippen molar-refractivity contribution in [2.75, 3.05) is 7.05 Å². The number of hydrogen-bond acceptors (Lipinski definition) is 2. The fourth-order valence-electron chi connectivity index (χ4n) is 1.54. The first-order valence-corrected chi connectivity index (χ1v) is 5.00. The van der Waals surface area contributed by atoms with Crippen LogP contribution >= 0.6 is 0 Å². The van der Waals surface area contributed by atoms with Gasteiger partial charge in [0, 0.05) is 7.05 Å². The Kier molecular flexibility index (Phi) is 2.83. The Morgan fingerprint density at radius 2 is 2.00 bits per heavy atom.